The number of benzene rings is 2. The quantitative estimate of drug-likeness (QED) is 0.352. The second-order valence-corrected chi connectivity index (χ2v) is 7.56. The Hall–Kier alpha value is -3.98. The number of allylic oxidation sites excluding steroid dienone is 6. The third-order valence-corrected chi connectivity index (χ3v) is 5.34. The summed E-state index contributed by atoms with van der Waals surface area (Å²) in [5.74, 6) is 0.830. The maximum absolute atomic E-state index is 5.14. The highest BCUT2D eigenvalue weighted by atomic mass is 15.3. The van der Waals surface area contributed by atoms with Crippen molar-refractivity contribution in [2.75, 3.05) is 0 Å². The summed E-state index contributed by atoms with van der Waals surface area (Å²) < 4.78 is 1.91. The third kappa shape index (κ3) is 4.31. The van der Waals surface area contributed by atoms with Crippen LogP contribution in [0.3, 0.4) is 0 Å². The molecule has 150 valence electrons. The smallest absolute Gasteiger partial charge is 0.154 e. The lowest BCUT2D eigenvalue weighted by atomic mass is 10.0. The molecule has 0 aliphatic heterocycles. The number of nitrogens with zero attached hydrogens (tertiary/aromatic N) is 3. The molecule has 2 aromatic carbocycles. The van der Waals surface area contributed by atoms with E-state index in [-0.39, 0.29) is 0 Å². The van der Waals surface area contributed by atoms with E-state index in [0.29, 0.717) is 0 Å². The molecule has 1 aliphatic carbocycles. The van der Waals surface area contributed by atoms with E-state index in [1.807, 2.05) is 53.2 Å². The van der Waals surface area contributed by atoms with Gasteiger partial charge in [0.1, 0.15) is 0 Å². The van der Waals surface area contributed by atoms with Crippen molar-refractivity contribution in [1.29, 1.82) is 0 Å². The van der Waals surface area contributed by atoms with Gasteiger partial charge in [-0.3, -0.25) is 0 Å². The van der Waals surface area contributed by atoms with Crippen LogP contribution in [-0.2, 0) is 6.42 Å². The maximum atomic E-state index is 5.14. The Morgan fingerprint density at radius 3 is 2.35 bits per heavy atom. The fraction of sp³-hybridized carbons (Fsp3) is 0.0714. The number of hydrogen-bond donors (Lipinski definition) is 0. The summed E-state index contributed by atoms with van der Waals surface area (Å²) in [6.45, 7) is 0. The molecule has 2 aromatic heterocycles. The summed E-state index contributed by atoms with van der Waals surface area (Å²) in [7, 11) is 0. The first kappa shape index (κ1) is 19.0. The van der Waals surface area contributed by atoms with Crippen molar-refractivity contribution in [2.24, 2.45) is 4.99 Å². The molecule has 0 saturated heterocycles. The van der Waals surface area contributed by atoms with Crippen LogP contribution >= 0.6 is 0 Å². The van der Waals surface area contributed by atoms with Crippen LogP contribution in [0.25, 0.3) is 5.52 Å². The van der Waals surface area contributed by atoms with E-state index in [1.165, 1.54) is 11.1 Å². The fourth-order valence-corrected chi connectivity index (χ4v) is 3.85. The molecule has 0 unspecified atom stereocenters. The van der Waals surface area contributed by atoms with Gasteiger partial charge in [-0.1, -0.05) is 91.0 Å². The largest absolute Gasteiger partial charge is 0.228 e. The predicted octanol–water partition coefficient (Wildman–Crippen LogP) is 6.49. The van der Waals surface area contributed by atoms with E-state index in [1.54, 1.807) is 0 Å². The minimum atomic E-state index is 0.830. The first-order valence-corrected chi connectivity index (χ1v) is 10.6. The summed E-state index contributed by atoms with van der Waals surface area (Å²) >= 11 is 0. The molecular weight excluding hydrogens is 378 g/mol. The summed E-state index contributed by atoms with van der Waals surface area (Å²) in [5, 5.41) is 4.53. The minimum Gasteiger partial charge on any atom is -0.228 e. The van der Waals surface area contributed by atoms with Crippen molar-refractivity contribution >= 4 is 17.0 Å². The Balaban J connectivity index is 1.63. The van der Waals surface area contributed by atoms with Gasteiger partial charge in [-0.05, 0) is 42.2 Å². The van der Waals surface area contributed by atoms with Gasteiger partial charge in [0, 0.05) is 11.1 Å². The van der Waals surface area contributed by atoms with E-state index in [9.17, 15) is 0 Å². The molecule has 0 amide bonds. The number of pyridine rings is 1. The zero-order valence-electron chi connectivity index (χ0n) is 17.2. The van der Waals surface area contributed by atoms with E-state index >= 15 is 0 Å². The second-order valence-electron chi connectivity index (χ2n) is 7.56. The van der Waals surface area contributed by atoms with Crippen molar-refractivity contribution in [3.8, 4) is 0 Å². The lowest BCUT2D eigenvalue weighted by Crippen LogP contribution is -2.04. The van der Waals surface area contributed by atoms with Crippen LogP contribution < -0.4 is 0 Å². The minimum absolute atomic E-state index is 0.830. The van der Waals surface area contributed by atoms with E-state index in [2.05, 4.69) is 71.9 Å². The van der Waals surface area contributed by atoms with Gasteiger partial charge in [0.05, 0.1) is 17.4 Å². The molecule has 0 bridgehead atoms. The highest BCUT2D eigenvalue weighted by molar-refractivity contribution is 6.13. The second kappa shape index (κ2) is 8.80. The monoisotopic (exact) mass is 401 g/mol. The van der Waals surface area contributed by atoms with Gasteiger partial charge in [0.25, 0.3) is 0 Å². The predicted molar refractivity (Wildman–Crippen MR) is 128 cm³/mol. The van der Waals surface area contributed by atoms with Crippen molar-refractivity contribution in [3.05, 3.63) is 138 Å². The summed E-state index contributed by atoms with van der Waals surface area (Å²) in [4.78, 5) is 5.14. The average molecular weight is 402 g/mol. The number of aromatic nitrogens is 2. The SMILES string of the molecule is C1=CCC=C(Cc2cc(N=C(c3ccccc3)c3ccccc3)n3nccc3c2)C=C1. The Bertz CT molecular complexity index is 1260. The van der Waals surface area contributed by atoms with Gasteiger partial charge >= 0.3 is 0 Å². The van der Waals surface area contributed by atoms with Crippen LogP contribution in [0.2, 0.25) is 0 Å². The highest BCUT2D eigenvalue weighted by Crippen LogP contribution is 2.24. The van der Waals surface area contributed by atoms with Crippen molar-refractivity contribution in [2.45, 2.75) is 12.8 Å². The number of aliphatic imine (C=N–C) groups is 1. The molecule has 3 heteroatoms. The highest BCUT2D eigenvalue weighted by Gasteiger charge is 2.11. The van der Waals surface area contributed by atoms with Crippen LogP contribution in [0.15, 0.2) is 126 Å². The molecule has 0 N–H and O–H groups in total. The first-order valence-electron chi connectivity index (χ1n) is 10.6. The van der Waals surface area contributed by atoms with Gasteiger partial charge < -0.3 is 0 Å². The fourth-order valence-electron chi connectivity index (χ4n) is 3.85. The molecule has 31 heavy (non-hydrogen) atoms. The van der Waals surface area contributed by atoms with Crippen LogP contribution in [0.4, 0.5) is 5.82 Å². The zero-order valence-corrected chi connectivity index (χ0v) is 17.2. The summed E-state index contributed by atoms with van der Waals surface area (Å²) in [6.07, 6.45) is 14.5. The molecule has 3 nitrogen and oxygen atoms in total. The molecule has 0 spiro atoms. The van der Waals surface area contributed by atoms with Crippen LogP contribution in [0, 0.1) is 0 Å². The zero-order chi connectivity index (χ0) is 20.9. The lowest BCUT2D eigenvalue weighted by molar-refractivity contribution is 0.950. The van der Waals surface area contributed by atoms with Crippen molar-refractivity contribution in [1.82, 2.24) is 9.61 Å². The van der Waals surface area contributed by atoms with Gasteiger partial charge in [0.15, 0.2) is 5.82 Å². The topological polar surface area (TPSA) is 29.7 Å². The Kier molecular flexibility index (Phi) is 5.40. The van der Waals surface area contributed by atoms with E-state index in [4.69, 9.17) is 4.99 Å². The Morgan fingerprint density at radius 1 is 0.871 bits per heavy atom. The molecule has 2 heterocycles. The normalized spacial score (nSPS) is 13.1. The molecule has 5 rings (SSSR count). The first-order chi connectivity index (χ1) is 15.4. The van der Waals surface area contributed by atoms with E-state index < -0.39 is 0 Å². The molecule has 4 aromatic rings. The van der Waals surface area contributed by atoms with Gasteiger partial charge in [-0.2, -0.15) is 5.10 Å². The Labute approximate surface area is 182 Å². The molecule has 0 radical (unpaired) electrons. The standard InChI is InChI=1S/C28H23N3/c1-2-6-12-22(11-5-1)19-23-20-26-17-18-29-31(26)27(21-23)30-28(24-13-7-3-8-14-24)25-15-9-4-10-16-25/h1-5,7-18,20-21H,6,19H2. The summed E-state index contributed by atoms with van der Waals surface area (Å²) in [5.41, 5.74) is 6.70. The van der Waals surface area contributed by atoms with E-state index in [0.717, 1.165) is 41.0 Å². The molecular formula is C28H23N3. The van der Waals surface area contributed by atoms with Gasteiger partial charge in [-0.15, -0.1) is 0 Å². The van der Waals surface area contributed by atoms with Crippen LogP contribution in [-0.4, -0.2) is 15.3 Å². The van der Waals surface area contributed by atoms with Crippen molar-refractivity contribution in [3.63, 3.8) is 0 Å². The number of hydrogen-bond acceptors (Lipinski definition) is 2. The average Bonchev–Trinajstić information content (AvgIpc) is 3.15. The Morgan fingerprint density at radius 2 is 1.61 bits per heavy atom. The third-order valence-electron chi connectivity index (χ3n) is 5.34. The van der Waals surface area contributed by atoms with Crippen molar-refractivity contribution < 1.29 is 0 Å². The van der Waals surface area contributed by atoms with Gasteiger partial charge in [-0.25, -0.2) is 9.51 Å². The molecule has 1 aliphatic rings. The van der Waals surface area contributed by atoms with Gasteiger partial charge in [0.2, 0.25) is 0 Å². The molecule has 0 atom stereocenters. The van der Waals surface area contributed by atoms with Crippen LogP contribution in [0.1, 0.15) is 23.1 Å². The number of fused-ring (bicyclic) bond motifs is 1. The summed E-state index contributed by atoms with van der Waals surface area (Å²) in [6, 6.07) is 27.0. The maximum Gasteiger partial charge on any atom is 0.154 e. The lowest BCUT2D eigenvalue weighted by Gasteiger charge is -2.10. The molecule has 0 fully saturated rings. The molecule has 0 saturated carbocycles. The van der Waals surface area contributed by atoms with Crippen LogP contribution in [0.5, 0.6) is 0 Å². The number of rotatable bonds is 5.